The van der Waals surface area contributed by atoms with E-state index in [-0.39, 0.29) is 5.56 Å². The summed E-state index contributed by atoms with van der Waals surface area (Å²) in [6, 6.07) is 3.24. The van der Waals surface area contributed by atoms with E-state index in [1.807, 2.05) is 0 Å². The van der Waals surface area contributed by atoms with E-state index < -0.39 is 0 Å². The molecule has 0 N–H and O–H groups in total. The normalized spacial score (nSPS) is 25.3. The van der Waals surface area contributed by atoms with E-state index in [0.717, 1.165) is 23.1 Å². The predicted octanol–water partition coefficient (Wildman–Crippen LogP) is 3.58. The van der Waals surface area contributed by atoms with E-state index in [4.69, 9.17) is 4.52 Å². The first-order chi connectivity index (χ1) is 10.5. The topological polar surface area (TPSA) is 60.9 Å². The molecule has 118 valence electrons. The van der Waals surface area contributed by atoms with Gasteiger partial charge in [-0.05, 0) is 53.1 Å². The summed E-state index contributed by atoms with van der Waals surface area (Å²) in [5.74, 6) is 3.04. The highest BCUT2D eigenvalue weighted by Gasteiger charge is 2.28. The minimum atomic E-state index is -0.0807. The van der Waals surface area contributed by atoms with Gasteiger partial charge < -0.3 is 9.09 Å². The van der Waals surface area contributed by atoms with E-state index in [9.17, 15) is 4.79 Å². The zero-order chi connectivity index (χ0) is 15.7. The molecule has 0 aliphatic heterocycles. The van der Waals surface area contributed by atoms with Gasteiger partial charge >= 0.3 is 0 Å². The van der Waals surface area contributed by atoms with Gasteiger partial charge in [0, 0.05) is 22.7 Å². The number of aromatic nitrogens is 3. The molecule has 2 unspecified atom stereocenters. The monoisotopic (exact) mass is 365 g/mol. The molecule has 2 atom stereocenters. The standard InChI is InChI=1S/C16H20BrN3O2/c1-10-5-11(2)7-12(6-10)16-18-14(22-19-16)9-20-8-13(17)3-4-15(20)21/h3-4,8,10-12H,5-7,9H2,1-2H3. The Bertz CT molecular complexity index is 699. The highest BCUT2D eigenvalue weighted by Crippen LogP contribution is 2.37. The summed E-state index contributed by atoms with van der Waals surface area (Å²) in [7, 11) is 0. The van der Waals surface area contributed by atoms with Crippen LogP contribution in [0.1, 0.15) is 50.7 Å². The third-order valence-corrected chi connectivity index (χ3v) is 4.75. The van der Waals surface area contributed by atoms with Crippen molar-refractivity contribution in [3.05, 3.63) is 44.9 Å². The van der Waals surface area contributed by atoms with Crippen molar-refractivity contribution in [3.63, 3.8) is 0 Å². The molecule has 2 heterocycles. The molecule has 0 spiro atoms. The van der Waals surface area contributed by atoms with Crippen molar-refractivity contribution in [2.45, 2.75) is 45.6 Å². The van der Waals surface area contributed by atoms with Crippen LogP contribution in [-0.2, 0) is 6.54 Å². The predicted molar refractivity (Wildman–Crippen MR) is 86.7 cm³/mol. The van der Waals surface area contributed by atoms with E-state index in [1.54, 1.807) is 16.8 Å². The summed E-state index contributed by atoms with van der Waals surface area (Å²) in [5, 5.41) is 4.14. The maximum Gasteiger partial charge on any atom is 0.251 e. The molecule has 6 heteroatoms. The van der Waals surface area contributed by atoms with Crippen molar-refractivity contribution in [2.75, 3.05) is 0 Å². The smallest absolute Gasteiger partial charge is 0.251 e. The lowest BCUT2D eigenvalue weighted by molar-refractivity contribution is 0.257. The molecule has 0 amide bonds. The first-order valence-electron chi connectivity index (χ1n) is 7.69. The second kappa shape index (κ2) is 6.36. The molecular weight excluding hydrogens is 346 g/mol. The van der Waals surface area contributed by atoms with Crippen molar-refractivity contribution < 1.29 is 4.52 Å². The van der Waals surface area contributed by atoms with Crippen LogP contribution >= 0.6 is 15.9 Å². The number of hydrogen-bond donors (Lipinski definition) is 0. The lowest BCUT2D eigenvalue weighted by Crippen LogP contribution is -2.20. The number of pyridine rings is 1. The SMILES string of the molecule is CC1CC(C)CC(c2noc(Cn3cc(Br)ccc3=O)n2)C1. The summed E-state index contributed by atoms with van der Waals surface area (Å²) in [4.78, 5) is 16.3. The first-order valence-corrected chi connectivity index (χ1v) is 8.49. The second-order valence-corrected chi connectivity index (χ2v) is 7.39. The van der Waals surface area contributed by atoms with Crippen LogP contribution in [0, 0.1) is 11.8 Å². The molecule has 1 aliphatic rings. The largest absolute Gasteiger partial charge is 0.337 e. The molecule has 0 aromatic carbocycles. The van der Waals surface area contributed by atoms with Crippen LogP contribution in [0.2, 0.25) is 0 Å². The van der Waals surface area contributed by atoms with E-state index in [0.29, 0.717) is 30.2 Å². The van der Waals surface area contributed by atoms with Crippen molar-refractivity contribution in [2.24, 2.45) is 11.8 Å². The van der Waals surface area contributed by atoms with Gasteiger partial charge in [0.05, 0.1) is 0 Å². The van der Waals surface area contributed by atoms with Gasteiger partial charge in [0.25, 0.3) is 5.56 Å². The average molecular weight is 366 g/mol. The van der Waals surface area contributed by atoms with Crippen molar-refractivity contribution in [3.8, 4) is 0 Å². The van der Waals surface area contributed by atoms with Gasteiger partial charge in [-0.25, -0.2) is 0 Å². The van der Waals surface area contributed by atoms with E-state index in [2.05, 4.69) is 39.9 Å². The fourth-order valence-electron chi connectivity index (χ4n) is 3.43. The summed E-state index contributed by atoms with van der Waals surface area (Å²) in [6.45, 7) is 4.87. The molecule has 0 saturated heterocycles. The molecule has 5 nitrogen and oxygen atoms in total. The minimum absolute atomic E-state index is 0.0807. The quantitative estimate of drug-likeness (QED) is 0.833. The van der Waals surface area contributed by atoms with Gasteiger partial charge in [-0.3, -0.25) is 4.79 Å². The lowest BCUT2D eigenvalue weighted by atomic mass is 9.76. The Morgan fingerprint density at radius 1 is 1.27 bits per heavy atom. The van der Waals surface area contributed by atoms with Crippen LogP contribution in [0.15, 0.2) is 32.1 Å². The molecule has 0 bridgehead atoms. The van der Waals surface area contributed by atoms with Gasteiger partial charge in [0.15, 0.2) is 5.82 Å². The highest BCUT2D eigenvalue weighted by molar-refractivity contribution is 9.10. The van der Waals surface area contributed by atoms with Crippen LogP contribution in [0.4, 0.5) is 0 Å². The minimum Gasteiger partial charge on any atom is -0.337 e. The molecule has 2 aromatic rings. The van der Waals surface area contributed by atoms with Crippen LogP contribution in [0.5, 0.6) is 0 Å². The van der Waals surface area contributed by atoms with Crippen molar-refractivity contribution in [1.82, 2.24) is 14.7 Å². The van der Waals surface area contributed by atoms with Crippen LogP contribution < -0.4 is 5.56 Å². The molecule has 1 aliphatic carbocycles. The zero-order valence-corrected chi connectivity index (χ0v) is 14.4. The summed E-state index contributed by atoms with van der Waals surface area (Å²) in [5.41, 5.74) is -0.0807. The second-order valence-electron chi connectivity index (χ2n) is 6.47. The van der Waals surface area contributed by atoms with Gasteiger partial charge in [-0.15, -0.1) is 0 Å². The molecular formula is C16H20BrN3O2. The molecule has 2 aromatic heterocycles. The van der Waals surface area contributed by atoms with Crippen LogP contribution in [0.25, 0.3) is 0 Å². The van der Waals surface area contributed by atoms with Crippen LogP contribution in [-0.4, -0.2) is 14.7 Å². The third kappa shape index (κ3) is 3.48. The average Bonchev–Trinajstić information content (AvgIpc) is 2.90. The molecule has 1 saturated carbocycles. The Labute approximate surface area is 137 Å². The van der Waals surface area contributed by atoms with E-state index in [1.165, 1.54) is 12.5 Å². The van der Waals surface area contributed by atoms with Gasteiger partial charge in [-0.2, -0.15) is 4.98 Å². The van der Waals surface area contributed by atoms with Gasteiger partial charge in [0.1, 0.15) is 6.54 Å². The third-order valence-electron chi connectivity index (χ3n) is 4.28. The molecule has 1 fully saturated rings. The Morgan fingerprint density at radius 2 is 2.00 bits per heavy atom. The number of nitrogens with zero attached hydrogens (tertiary/aromatic N) is 3. The van der Waals surface area contributed by atoms with E-state index >= 15 is 0 Å². The van der Waals surface area contributed by atoms with Gasteiger partial charge in [0.2, 0.25) is 5.89 Å². The molecule has 0 radical (unpaired) electrons. The Balaban J connectivity index is 1.76. The zero-order valence-electron chi connectivity index (χ0n) is 12.8. The van der Waals surface area contributed by atoms with Crippen molar-refractivity contribution >= 4 is 15.9 Å². The highest BCUT2D eigenvalue weighted by atomic mass is 79.9. The van der Waals surface area contributed by atoms with Crippen molar-refractivity contribution in [1.29, 1.82) is 0 Å². The Kier molecular flexibility index (Phi) is 4.47. The molecule has 3 rings (SSSR count). The summed E-state index contributed by atoms with van der Waals surface area (Å²) >= 11 is 3.36. The fraction of sp³-hybridized carbons (Fsp3) is 0.562. The number of hydrogen-bond acceptors (Lipinski definition) is 4. The molecule has 22 heavy (non-hydrogen) atoms. The number of halogens is 1. The van der Waals surface area contributed by atoms with Gasteiger partial charge in [-0.1, -0.05) is 19.0 Å². The maximum absolute atomic E-state index is 11.8. The van der Waals surface area contributed by atoms with Crippen LogP contribution in [0.3, 0.4) is 0 Å². The Hall–Kier alpha value is -1.43. The first kappa shape index (κ1) is 15.5. The fourth-order valence-corrected chi connectivity index (χ4v) is 3.81. The Morgan fingerprint density at radius 3 is 2.73 bits per heavy atom. The number of rotatable bonds is 3. The lowest BCUT2D eigenvalue weighted by Gasteiger charge is -2.29. The summed E-state index contributed by atoms with van der Waals surface area (Å²) in [6.07, 6.45) is 5.23. The summed E-state index contributed by atoms with van der Waals surface area (Å²) < 4.78 is 7.76. The maximum atomic E-state index is 11.8.